The van der Waals surface area contributed by atoms with Crippen molar-refractivity contribution in [3.8, 4) is 5.75 Å². The van der Waals surface area contributed by atoms with Crippen LogP contribution in [-0.4, -0.2) is 44.5 Å². The third kappa shape index (κ3) is 4.29. The van der Waals surface area contributed by atoms with Gasteiger partial charge in [0, 0.05) is 37.7 Å². The SMILES string of the molecule is COc1ccc(N2C[C@H](C(=O)NCCNC(=O)C3CC3)CC2=O)cc1. The van der Waals surface area contributed by atoms with Crippen LogP contribution in [0.5, 0.6) is 5.75 Å². The number of carbonyl (C=O) groups is 3. The summed E-state index contributed by atoms with van der Waals surface area (Å²) in [5.41, 5.74) is 0.762. The van der Waals surface area contributed by atoms with Gasteiger partial charge in [0.1, 0.15) is 5.75 Å². The van der Waals surface area contributed by atoms with Crippen molar-refractivity contribution < 1.29 is 19.1 Å². The van der Waals surface area contributed by atoms with Gasteiger partial charge in [0.25, 0.3) is 0 Å². The van der Waals surface area contributed by atoms with Gasteiger partial charge < -0.3 is 20.3 Å². The standard InChI is InChI=1S/C18H23N3O4/c1-25-15-6-4-14(5-7-15)21-11-13(10-16(21)22)18(24)20-9-8-19-17(23)12-2-3-12/h4-7,12-13H,2-3,8-11H2,1H3,(H,19,23)(H,20,24)/t13-/m1/s1. The molecule has 0 radical (unpaired) electrons. The minimum Gasteiger partial charge on any atom is -0.497 e. The van der Waals surface area contributed by atoms with Gasteiger partial charge >= 0.3 is 0 Å². The van der Waals surface area contributed by atoms with Crippen molar-refractivity contribution in [2.75, 3.05) is 31.6 Å². The highest BCUT2D eigenvalue weighted by atomic mass is 16.5. The molecule has 3 amide bonds. The summed E-state index contributed by atoms with van der Waals surface area (Å²) in [5, 5.41) is 5.60. The molecule has 1 saturated heterocycles. The maximum atomic E-state index is 12.2. The predicted octanol–water partition coefficient (Wildman–Crippen LogP) is 0.690. The average molecular weight is 345 g/mol. The lowest BCUT2D eigenvalue weighted by molar-refractivity contribution is -0.126. The second kappa shape index (κ2) is 7.55. The molecule has 1 heterocycles. The molecular weight excluding hydrogens is 322 g/mol. The molecule has 0 unspecified atom stereocenters. The number of nitrogens with one attached hydrogen (secondary N) is 2. The molecule has 1 aromatic carbocycles. The Balaban J connectivity index is 1.45. The molecule has 134 valence electrons. The number of amides is 3. The lowest BCUT2D eigenvalue weighted by atomic mass is 10.1. The second-order valence-corrected chi connectivity index (χ2v) is 6.46. The third-order valence-electron chi connectivity index (χ3n) is 4.55. The molecule has 1 aliphatic heterocycles. The van der Waals surface area contributed by atoms with Crippen molar-refractivity contribution in [2.24, 2.45) is 11.8 Å². The Labute approximate surface area is 146 Å². The largest absolute Gasteiger partial charge is 0.497 e. The maximum absolute atomic E-state index is 12.2. The van der Waals surface area contributed by atoms with Crippen molar-refractivity contribution in [3.63, 3.8) is 0 Å². The number of nitrogens with zero attached hydrogens (tertiary/aromatic N) is 1. The van der Waals surface area contributed by atoms with Crippen LogP contribution in [0.1, 0.15) is 19.3 Å². The first kappa shape index (κ1) is 17.3. The van der Waals surface area contributed by atoms with Crippen molar-refractivity contribution in [2.45, 2.75) is 19.3 Å². The van der Waals surface area contributed by atoms with E-state index in [1.807, 2.05) is 12.1 Å². The van der Waals surface area contributed by atoms with Gasteiger partial charge in [-0.05, 0) is 37.1 Å². The first-order chi connectivity index (χ1) is 12.1. The van der Waals surface area contributed by atoms with Crippen LogP contribution in [0.4, 0.5) is 5.69 Å². The topological polar surface area (TPSA) is 87.7 Å². The van der Waals surface area contributed by atoms with Crippen molar-refractivity contribution >= 4 is 23.4 Å². The Morgan fingerprint density at radius 2 is 1.68 bits per heavy atom. The van der Waals surface area contributed by atoms with Gasteiger partial charge in [0.2, 0.25) is 17.7 Å². The highest BCUT2D eigenvalue weighted by molar-refractivity contribution is 6.00. The fraction of sp³-hybridized carbons (Fsp3) is 0.500. The first-order valence-electron chi connectivity index (χ1n) is 8.58. The van der Waals surface area contributed by atoms with Crippen LogP contribution in [-0.2, 0) is 14.4 Å². The van der Waals surface area contributed by atoms with Gasteiger partial charge in [-0.2, -0.15) is 0 Å². The number of carbonyl (C=O) groups excluding carboxylic acids is 3. The Bertz CT molecular complexity index is 655. The molecule has 25 heavy (non-hydrogen) atoms. The maximum Gasteiger partial charge on any atom is 0.227 e. The fourth-order valence-corrected chi connectivity index (χ4v) is 2.90. The lowest BCUT2D eigenvalue weighted by Gasteiger charge is -2.17. The summed E-state index contributed by atoms with van der Waals surface area (Å²) in [4.78, 5) is 37.6. The fourth-order valence-electron chi connectivity index (χ4n) is 2.90. The zero-order valence-corrected chi connectivity index (χ0v) is 14.3. The Morgan fingerprint density at radius 1 is 1.08 bits per heavy atom. The lowest BCUT2D eigenvalue weighted by Crippen LogP contribution is -2.38. The quantitative estimate of drug-likeness (QED) is 0.712. The number of rotatable bonds is 7. The number of hydrogen-bond acceptors (Lipinski definition) is 4. The van der Waals surface area contributed by atoms with Crippen LogP contribution in [0.3, 0.4) is 0 Å². The number of ether oxygens (including phenoxy) is 1. The van der Waals surface area contributed by atoms with Crippen LogP contribution >= 0.6 is 0 Å². The molecule has 0 bridgehead atoms. The van der Waals surface area contributed by atoms with E-state index in [4.69, 9.17) is 4.74 Å². The number of methoxy groups -OCH3 is 1. The van der Waals surface area contributed by atoms with E-state index in [-0.39, 0.29) is 36.0 Å². The van der Waals surface area contributed by atoms with Gasteiger partial charge in [-0.15, -0.1) is 0 Å². The van der Waals surface area contributed by atoms with Crippen LogP contribution < -0.4 is 20.3 Å². The van der Waals surface area contributed by atoms with Gasteiger partial charge in [-0.1, -0.05) is 0 Å². The monoisotopic (exact) mass is 345 g/mol. The van der Waals surface area contributed by atoms with E-state index >= 15 is 0 Å². The first-order valence-corrected chi connectivity index (χ1v) is 8.58. The van der Waals surface area contributed by atoms with E-state index in [1.54, 1.807) is 24.1 Å². The van der Waals surface area contributed by atoms with Crippen molar-refractivity contribution in [3.05, 3.63) is 24.3 Å². The number of hydrogen-bond donors (Lipinski definition) is 2. The van der Waals surface area contributed by atoms with E-state index in [0.29, 0.717) is 19.6 Å². The normalized spacial score (nSPS) is 19.6. The molecule has 3 rings (SSSR count). The number of benzene rings is 1. The zero-order chi connectivity index (χ0) is 17.8. The molecule has 2 fully saturated rings. The van der Waals surface area contributed by atoms with E-state index in [2.05, 4.69) is 10.6 Å². The average Bonchev–Trinajstić information content (AvgIpc) is 3.41. The van der Waals surface area contributed by atoms with Crippen molar-refractivity contribution in [1.29, 1.82) is 0 Å². The summed E-state index contributed by atoms with van der Waals surface area (Å²) < 4.78 is 5.11. The predicted molar refractivity (Wildman–Crippen MR) is 92.2 cm³/mol. The summed E-state index contributed by atoms with van der Waals surface area (Å²) >= 11 is 0. The van der Waals surface area contributed by atoms with E-state index in [0.717, 1.165) is 24.3 Å². The summed E-state index contributed by atoms with van der Waals surface area (Å²) in [5.74, 6) is 0.376. The summed E-state index contributed by atoms with van der Waals surface area (Å²) in [6.07, 6.45) is 2.12. The van der Waals surface area contributed by atoms with Crippen LogP contribution in [0.2, 0.25) is 0 Å². The van der Waals surface area contributed by atoms with E-state index in [9.17, 15) is 14.4 Å². The highest BCUT2D eigenvalue weighted by Gasteiger charge is 2.35. The van der Waals surface area contributed by atoms with Crippen LogP contribution in [0.25, 0.3) is 0 Å². The van der Waals surface area contributed by atoms with Crippen LogP contribution in [0, 0.1) is 11.8 Å². The summed E-state index contributed by atoms with van der Waals surface area (Å²) in [7, 11) is 1.59. The minimum atomic E-state index is -0.367. The smallest absolute Gasteiger partial charge is 0.227 e. The molecular formula is C18H23N3O4. The van der Waals surface area contributed by atoms with Gasteiger partial charge in [-0.3, -0.25) is 14.4 Å². The molecule has 1 saturated carbocycles. The molecule has 1 atom stereocenters. The van der Waals surface area contributed by atoms with E-state index in [1.165, 1.54) is 0 Å². The summed E-state index contributed by atoms with van der Waals surface area (Å²) in [6.45, 7) is 1.17. The molecule has 0 spiro atoms. The molecule has 1 aromatic rings. The van der Waals surface area contributed by atoms with Gasteiger partial charge in [0.05, 0.1) is 13.0 Å². The molecule has 2 aliphatic rings. The number of anilines is 1. The van der Waals surface area contributed by atoms with E-state index < -0.39 is 0 Å². The van der Waals surface area contributed by atoms with Crippen LogP contribution in [0.15, 0.2) is 24.3 Å². The Kier molecular flexibility index (Phi) is 5.21. The minimum absolute atomic E-state index is 0.0626. The Hall–Kier alpha value is -2.57. The second-order valence-electron chi connectivity index (χ2n) is 6.46. The molecule has 0 aromatic heterocycles. The summed E-state index contributed by atoms with van der Waals surface area (Å²) in [6, 6.07) is 7.20. The molecule has 2 N–H and O–H groups in total. The zero-order valence-electron chi connectivity index (χ0n) is 14.3. The third-order valence-corrected chi connectivity index (χ3v) is 4.55. The highest BCUT2D eigenvalue weighted by Crippen LogP contribution is 2.28. The Morgan fingerprint density at radius 3 is 2.24 bits per heavy atom. The van der Waals surface area contributed by atoms with Gasteiger partial charge in [-0.25, -0.2) is 0 Å². The molecule has 7 nitrogen and oxygen atoms in total. The van der Waals surface area contributed by atoms with Gasteiger partial charge in [0.15, 0.2) is 0 Å². The molecule has 1 aliphatic carbocycles. The van der Waals surface area contributed by atoms with Crippen molar-refractivity contribution in [1.82, 2.24) is 10.6 Å². The molecule has 7 heteroatoms.